The summed E-state index contributed by atoms with van der Waals surface area (Å²) in [6.45, 7) is 7.80. The Morgan fingerprint density at radius 2 is 1.82 bits per heavy atom. The first-order valence-corrected chi connectivity index (χ1v) is 9.40. The average Bonchev–Trinajstić information content (AvgIpc) is 2.74. The smallest absolute Gasteiger partial charge is 0.410 e. The van der Waals surface area contributed by atoms with E-state index in [2.05, 4.69) is 0 Å². The van der Waals surface area contributed by atoms with Crippen molar-refractivity contribution in [3.8, 4) is 0 Å². The fourth-order valence-electron chi connectivity index (χ4n) is 2.90. The number of hydrogen-bond acceptors (Lipinski definition) is 4. The van der Waals surface area contributed by atoms with Gasteiger partial charge in [0, 0.05) is 25.4 Å². The van der Waals surface area contributed by atoms with E-state index in [1.165, 1.54) is 0 Å². The number of ether oxygens (including phenoxy) is 1. The van der Waals surface area contributed by atoms with Crippen molar-refractivity contribution in [3.63, 3.8) is 0 Å². The molecule has 0 aromatic heterocycles. The normalized spacial score (nSPS) is 23.9. The molecule has 2 amide bonds. The standard InChI is InChI=1S/C16H28N2O3S/c1-16(2,3)21-15(20)18-9-5-4-7-13(18)14(19)17-8-6-11-22-12-10-17/h13H,4-12H2,1-3H3/t13-/m0/s1. The molecule has 0 spiro atoms. The van der Waals surface area contributed by atoms with Gasteiger partial charge in [-0.15, -0.1) is 0 Å². The van der Waals surface area contributed by atoms with Crippen molar-refractivity contribution in [1.29, 1.82) is 0 Å². The Bertz CT molecular complexity index is 401. The lowest BCUT2D eigenvalue weighted by atomic mass is 10.0. The van der Waals surface area contributed by atoms with Gasteiger partial charge in [0.05, 0.1) is 0 Å². The van der Waals surface area contributed by atoms with Gasteiger partial charge in [0.25, 0.3) is 0 Å². The highest BCUT2D eigenvalue weighted by atomic mass is 32.2. The number of likely N-dealkylation sites (tertiary alicyclic amines) is 1. The molecular weight excluding hydrogens is 300 g/mol. The molecule has 2 rings (SSSR count). The number of rotatable bonds is 1. The first-order chi connectivity index (χ1) is 10.4. The highest BCUT2D eigenvalue weighted by molar-refractivity contribution is 7.99. The summed E-state index contributed by atoms with van der Waals surface area (Å²) in [5.74, 6) is 2.21. The van der Waals surface area contributed by atoms with Crippen molar-refractivity contribution in [3.05, 3.63) is 0 Å². The lowest BCUT2D eigenvalue weighted by Gasteiger charge is -2.38. The minimum absolute atomic E-state index is 0.105. The van der Waals surface area contributed by atoms with Crippen LogP contribution in [0.4, 0.5) is 4.79 Å². The van der Waals surface area contributed by atoms with Crippen LogP contribution in [0.15, 0.2) is 0 Å². The monoisotopic (exact) mass is 328 g/mol. The number of piperidine rings is 1. The molecule has 0 unspecified atom stereocenters. The Balaban J connectivity index is 2.04. The third-order valence-electron chi connectivity index (χ3n) is 3.95. The maximum absolute atomic E-state index is 12.9. The fourth-order valence-corrected chi connectivity index (χ4v) is 3.79. The van der Waals surface area contributed by atoms with E-state index in [-0.39, 0.29) is 18.0 Å². The molecule has 2 fully saturated rings. The Labute approximate surface area is 137 Å². The number of nitrogens with zero attached hydrogens (tertiary/aromatic N) is 2. The molecule has 6 heteroatoms. The molecule has 2 heterocycles. The van der Waals surface area contributed by atoms with Gasteiger partial charge in [-0.2, -0.15) is 11.8 Å². The van der Waals surface area contributed by atoms with E-state index in [0.29, 0.717) is 6.54 Å². The topological polar surface area (TPSA) is 49.9 Å². The van der Waals surface area contributed by atoms with Crippen LogP contribution in [0.25, 0.3) is 0 Å². The van der Waals surface area contributed by atoms with Crippen molar-refractivity contribution in [2.45, 2.75) is 58.1 Å². The van der Waals surface area contributed by atoms with E-state index >= 15 is 0 Å². The van der Waals surface area contributed by atoms with Crippen molar-refractivity contribution in [2.75, 3.05) is 31.1 Å². The van der Waals surface area contributed by atoms with E-state index in [0.717, 1.165) is 50.3 Å². The third-order valence-corrected chi connectivity index (χ3v) is 5.00. The molecule has 0 aliphatic carbocycles. The Kier molecular flexibility index (Phi) is 6.01. The van der Waals surface area contributed by atoms with Crippen LogP contribution in [0.1, 0.15) is 46.5 Å². The molecule has 1 atom stereocenters. The Morgan fingerprint density at radius 3 is 2.55 bits per heavy atom. The lowest BCUT2D eigenvalue weighted by molar-refractivity contribution is -0.137. The average molecular weight is 328 g/mol. The second kappa shape index (κ2) is 7.57. The second-order valence-corrected chi connectivity index (χ2v) is 8.20. The first-order valence-electron chi connectivity index (χ1n) is 8.24. The Morgan fingerprint density at radius 1 is 1.05 bits per heavy atom. The second-order valence-electron chi connectivity index (χ2n) is 6.98. The van der Waals surface area contributed by atoms with Crippen molar-refractivity contribution in [2.24, 2.45) is 0 Å². The van der Waals surface area contributed by atoms with E-state index in [1.54, 1.807) is 4.90 Å². The predicted octanol–water partition coefficient (Wildman–Crippen LogP) is 2.74. The summed E-state index contributed by atoms with van der Waals surface area (Å²) in [5, 5.41) is 0. The molecular formula is C16H28N2O3S. The van der Waals surface area contributed by atoms with Crippen molar-refractivity contribution < 1.29 is 14.3 Å². The molecule has 22 heavy (non-hydrogen) atoms. The molecule has 5 nitrogen and oxygen atoms in total. The minimum atomic E-state index is -0.526. The molecule has 0 aromatic carbocycles. The molecule has 126 valence electrons. The third kappa shape index (κ3) is 4.80. The quantitative estimate of drug-likeness (QED) is 0.743. The van der Waals surface area contributed by atoms with Crippen LogP contribution in [0.3, 0.4) is 0 Å². The lowest BCUT2D eigenvalue weighted by Crippen LogP contribution is -2.54. The van der Waals surface area contributed by atoms with Crippen LogP contribution in [0, 0.1) is 0 Å². The zero-order valence-corrected chi connectivity index (χ0v) is 14.8. The van der Waals surface area contributed by atoms with Gasteiger partial charge in [-0.1, -0.05) is 0 Å². The number of amides is 2. The van der Waals surface area contributed by atoms with Crippen molar-refractivity contribution >= 4 is 23.8 Å². The van der Waals surface area contributed by atoms with Crippen LogP contribution >= 0.6 is 11.8 Å². The molecule has 2 aliphatic heterocycles. The summed E-state index contributed by atoms with van der Waals surface area (Å²) in [4.78, 5) is 28.8. The highest BCUT2D eigenvalue weighted by Gasteiger charge is 2.36. The number of carbonyl (C=O) groups excluding carboxylic acids is 2. The van der Waals surface area contributed by atoms with Gasteiger partial charge in [-0.05, 0) is 52.2 Å². The van der Waals surface area contributed by atoms with Gasteiger partial charge >= 0.3 is 6.09 Å². The molecule has 2 aliphatic rings. The van der Waals surface area contributed by atoms with Gasteiger partial charge in [-0.3, -0.25) is 9.69 Å². The summed E-state index contributed by atoms with van der Waals surface area (Å²) >= 11 is 1.90. The largest absolute Gasteiger partial charge is 0.444 e. The van der Waals surface area contributed by atoms with E-state index in [4.69, 9.17) is 4.74 Å². The molecule has 0 aromatic rings. The maximum Gasteiger partial charge on any atom is 0.410 e. The van der Waals surface area contributed by atoms with E-state index < -0.39 is 5.60 Å². The van der Waals surface area contributed by atoms with Gasteiger partial charge in [0.15, 0.2) is 0 Å². The van der Waals surface area contributed by atoms with Gasteiger partial charge in [0.1, 0.15) is 11.6 Å². The minimum Gasteiger partial charge on any atom is -0.444 e. The summed E-state index contributed by atoms with van der Waals surface area (Å²) < 4.78 is 5.48. The predicted molar refractivity (Wildman–Crippen MR) is 89.1 cm³/mol. The summed E-state index contributed by atoms with van der Waals surface area (Å²) in [6, 6.07) is -0.341. The summed E-state index contributed by atoms with van der Waals surface area (Å²) in [5.41, 5.74) is -0.526. The van der Waals surface area contributed by atoms with E-state index in [9.17, 15) is 9.59 Å². The maximum atomic E-state index is 12.9. The van der Waals surface area contributed by atoms with Crippen LogP contribution < -0.4 is 0 Å². The zero-order chi connectivity index (χ0) is 16.2. The van der Waals surface area contributed by atoms with Crippen LogP contribution in [-0.4, -0.2) is 64.6 Å². The van der Waals surface area contributed by atoms with Crippen LogP contribution in [0.2, 0.25) is 0 Å². The Hall–Kier alpha value is -0.910. The highest BCUT2D eigenvalue weighted by Crippen LogP contribution is 2.23. The van der Waals surface area contributed by atoms with Gasteiger partial charge < -0.3 is 9.64 Å². The number of carbonyl (C=O) groups is 2. The van der Waals surface area contributed by atoms with Crippen LogP contribution in [-0.2, 0) is 9.53 Å². The van der Waals surface area contributed by atoms with E-state index in [1.807, 2.05) is 37.4 Å². The molecule has 2 saturated heterocycles. The molecule has 0 saturated carbocycles. The fraction of sp³-hybridized carbons (Fsp3) is 0.875. The number of thioether (sulfide) groups is 1. The van der Waals surface area contributed by atoms with Gasteiger partial charge in [-0.25, -0.2) is 4.79 Å². The summed E-state index contributed by atoms with van der Waals surface area (Å²) in [7, 11) is 0. The number of hydrogen-bond donors (Lipinski definition) is 0. The zero-order valence-electron chi connectivity index (χ0n) is 14.0. The summed E-state index contributed by atoms with van der Waals surface area (Å²) in [6.07, 6.45) is 3.38. The SMILES string of the molecule is CC(C)(C)OC(=O)N1CCCC[C@H]1C(=O)N1CCCSCC1. The van der Waals surface area contributed by atoms with Crippen molar-refractivity contribution in [1.82, 2.24) is 9.80 Å². The molecule has 0 N–H and O–H groups in total. The van der Waals surface area contributed by atoms with Gasteiger partial charge in [0.2, 0.25) is 5.91 Å². The molecule has 0 bridgehead atoms. The molecule has 0 radical (unpaired) electrons. The first kappa shape index (κ1) is 17.4. The van der Waals surface area contributed by atoms with Crippen LogP contribution in [0.5, 0.6) is 0 Å².